The third-order valence-electron chi connectivity index (χ3n) is 6.92. The van der Waals surface area contributed by atoms with Crippen molar-refractivity contribution in [2.75, 3.05) is 55.8 Å². The number of carbonyl (C=O) groups excluding carboxylic acids is 1. The number of hydrogen-bond acceptors (Lipinski definition) is 10. The number of primary amides is 1. The summed E-state index contributed by atoms with van der Waals surface area (Å²) in [6.45, 7) is 2.47. The number of rotatable bonds is 7. The average molecular weight is 566 g/mol. The van der Waals surface area contributed by atoms with Gasteiger partial charge in [0, 0.05) is 39.3 Å². The maximum atomic E-state index is 13.1. The highest BCUT2D eigenvalue weighted by Gasteiger charge is 2.54. The number of nitrogens with two attached hydrogens (primary N) is 1. The molecule has 11 nitrogen and oxygen atoms in total. The molecule has 208 valence electrons. The van der Waals surface area contributed by atoms with Crippen LogP contribution >= 0.6 is 11.3 Å². The Hall–Kier alpha value is -3.82. The molecular weight excluding hydrogens is 539 g/mol. The van der Waals surface area contributed by atoms with Crippen LogP contribution in [0.3, 0.4) is 0 Å². The minimum atomic E-state index is -4.84. The Bertz CT molecular complexity index is 1430. The predicted octanol–water partition coefficient (Wildman–Crippen LogP) is 2.62. The summed E-state index contributed by atoms with van der Waals surface area (Å²) < 4.78 is 42.7. The van der Waals surface area contributed by atoms with Crippen molar-refractivity contribution in [1.82, 2.24) is 14.8 Å². The number of halogens is 3. The summed E-state index contributed by atoms with van der Waals surface area (Å²) in [5.41, 5.74) is 7.58. The molecule has 2 aliphatic rings. The Morgan fingerprint density at radius 2 is 1.90 bits per heavy atom. The zero-order valence-electron chi connectivity index (χ0n) is 21.0. The molecule has 1 fully saturated rings. The van der Waals surface area contributed by atoms with E-state index in [0.29, 0.717) is 52.9 Å². The SMILES string of the molecule is CN1CCN(C(C(N)=O)C2(Nc3nc4ccc(OC(F)(F)F)cc4s3)Nc3cc(C(=O)O)ccc3N2C)CC1. The van der Waals surface area contributed by atoms with Crippen molar-refractivity contribution in [3.8, 4) is 5.75 Å². The Labute approximate surface area is 224 Å². The Kier molecular flexibility index (Phi) is 6.68. The van der Waals surface area contributed by atoms with Gasteiger partial charge in [-0.25, -0.2) is 9.78 Å². The molecule has 0 aliphatic carbocycles. The van der Waals surface area contributed by atoms with Gasteiger partial charge in [-0.05, 0) is 37.4 Å². The van der Waals surface area contributed by atoms with Gasteiger partial charge >= 0.3 is 12.3 Å². The third-order valence-corrected chi connectivity index (χ3v) is 7.85. The second kappa shape index (κ2) is 9.73. The molecule has 1 aromatic heterocycles. The van der Waals surface area contributed by atoms with E-state index in [2.05, 4.69) is 25.3 Å². The molecule has 2 aliphatic heterocycles. The average Bonchev–Trinajstić information content (AvgIpc) is 3.36. The summed E-state index contributed by atoms with van der Waals surface area (Å²) in [4.78, 5) is 35.1. The number of piperazine rings is 1. The summed E-state index contributed by atoms with van der Waals surface area (Å²) in [5, 5.41) is 16.4. The second-order valence-electron chi connectivity index (χ2n) is 9.45. The summed E-state index contributed by atoms with van der Waals surface area (Å²) in [6.07, 6.45) is -4.84. The lowest BCUT2D eigenvalue weighted by molar-refractivity contribution is -0.274. The number of aromatic nitrogens is 1. The first-order chi connectivity index (χ1) is 18.4. The van der Waals surface area contributed by atoms with Gasteiger partial charge < -0.3 is 36.0 Å². The van der Waals surface area contributed by atoms with Gasteiger partial charge in [0.2, 0.25) is 11.7 Å². The number of fused-ring (bicyclic) bond motifs is 2. The van der Waals surface area contributed by atoms with Crippen LogP contribution in [0.25, 0.3) is 10.2 Å². The largest absolute Gasteiger partial charge is 0.573 e. The number of carboxylic acid groups (broad SMARTS) is 1. The highest BCUT2D eigenvalue weighted by atomic mass is 32.1. The van der Waals surface area contributed by atoms with Crippen LogP contribution in [0.5, 0.6) is 5.75 Å². The van der Waals surface area contributed by atoms with Crippen molar-refractivity contribution in [2.24, 2.45) is 5.73 Å². The molecule has 15 heteroatoms. The number of alkyl halides is 3. The standard InChI is InChI=1S/C24H26F3N7O4S/c1-32-7-9-34(10-8-32)19(20(28)35)23(30-16-11-13(21(36)37)3-6-17(16)33(23)2)31-22-29-15-5-4-14(12-18(15)39-22)38-24(25,26)27/h3-6,11-12,19,30H,7-10H2,1-2H3,(H2,28,35)(H,29,31)(H,36,37). The monoisotopic (exact) mass is 565 g/mol. The Morgan fingerprint density at radius 3 is 2.54 bits per heavy atom. The first-order valence-corrected chi connectivity index (χ1v) is 12.7. The number of nitrogens with one attached hydrogen (secondary N) is 2. The fraction of sp³-hybridized carbons (Fsp3) is 0.375. The summed E-state index contributed by atoms with van der Waals surface area (Å²) in [6, 6.07) is 7.45. The molecule has 1 saturated heterocycles. The second-order valence-corrected chi connectivity index (χ2v) is 10.5. The number of hydrogen-bond donors (Lipinski definition) is 4. The molecule has 5 rings (SSSR count). The number of benzene rings is 2. The lowest BCUT2D eigenvalue weighted by Gasteiger charge is -2.48. The van der Waals surface area contributed by atoms with E-state index in [9.17, 15) is 27.9 Å². The molecule has 2 unspecified atom stereocenters. The van der Waals surface area contributed by atoms with Crippen molar-refractivity contribution in [3.63, 3.8) is 0 Å². The number of ether oxygens (including phenoxy) is 1. The fourth-order valence-electron chi connectivity index (χ4n) is 5.02. The van der Waals surface area contributed by atoms with Gasteiger partial charge in [-0.3, -0.25) is 9.69 Å². The molecule has 0 saturated carbocycles. The van der Waals surface area contributed by atoms with Gasteiger partial charge in [0.15, 0.2) is 11.2 Å². The van der Waals surface area contributed by atoms with Crippen LogP contribution < -0.4 is 26.0 Å². The van der Waals surface area contributed by atoms with Gasteiger partial charge in [-0.2, -0.15) is 0 Å². The third kappa shape index (κ3) is 5.12. The number of likely N-dealkylation sites (N-methyl/N-ethyl adjacent to an activating group) is 2. The Morgan fingerprint density at radius 1 is 1.18 bits per heavy atom. The number of carboxylic acids is 1. The zero-order valence-corrected chi connectivity index (χ0v) is 21.8. The van der Waals surface area contributed by atoms with Gasteiger partial charge in [0.25, 0.3) is 0 Å². The normalized spacial score (nSPS) is 20.9. The number of amides is 1. The summed E-state index contributed by atoms with van der Waals surface area (Å²) >= 11 is 1.08. The number of nitrogens with zero attached hydrogens (tertiary/aromatic N) is 4. The van der Waals surface area contributed by atoms with Crippen molar-refractivity contribution in [2.45, 2.75) is 18.2 Å². The zero-order chi connectivity index (χ0) is 28.1. The lowest BCUT2D eigenvalue weighted by Crippen LogP contribution is -2.73. The minimum Gasteiger partial charge on any atom is -0.478 e. The van der Waals surface area contributed by atoms with Crippen LogP contribution in [0.2, 0.25) is 0 Å². The smallest absolute Gasteiger partial charge is 0.478 e. The minimum absolute atomic E-state index is 0.0536. The van der Waals surface area contributed by atoms with Crippen LogP contribution in [-0.4, -0.2) is 90.2 Å². The summed E-state index contributed by atoms with van der Waals surface area (Å²) in [7, 11) is 3.71. The maximum absolute atomic E-state index is 13.1. The van der Waals surface area contributed by atoms with E-state index >= 15 is 0 Å². The van der Waals surface area contributed by atoms with Gasteiger partial charge in [-0.15, -0.1) is 13.2 Å². The highest BCUT2D eigenvalue weighted by molar-refractivity contribution is 7.22. The molecule has 1 amide bonds. The van der Waals surface area contributed by atoms with Crippen LogP contribution in [0.1, 0.15) is 10.4 Å². The highest BCUT2D eigenvalue weighted by Crippen LogP contribution is 2.44. The van der Waals surface area contributed by atoms with Crippen LogP contribution in [0.15, 0.2) is 36.4 Å². The molecular formula is C24H26F3N7O4S. The Balaban J connectivity index is 1.57. The number of anilines is 3. The number of aromatic carboxylic acids is 1. The van der Waals surface area contributed by atoms with Crippen LogP contribution in [0, 0.1) is 0 Å². The van der Waals surface area contributed by atoms with E-state index < -0.39 is 30.1 Å². The van der Waals surface area contributed by atoms with Gasteiger partial charge in [0.1, 0.15) is 5.75 Å². The van der Waals surface area contributed by atoms with E-state index in [1.807, 2.05) is 11.9 Å². The van der Waals surface area contributed by atoms with Crippen molar-refractivity contribution < 1.29 is 32.6 Å². The molecule has 3 aromatic rings. The lowest BCUT2D eigenvalue weighted by atomic mass is 10.0. The molecule has 0 radical (unpaired) electrons. The quantitative estimate of drug-likeness (QED) is 0.339. The fourth-order valence-corrected chi connectivity index (χ4v) is 5.98. The number of carbonyl (C=O) groups is 2. The molecule has 0 bridgehead atoms. The molecule has 0 spiro atoms. The topological polar surface area (TPSA) is 136 Å². The molecule has 3 heterocycles. The van der Waals surface area contributed by atoms with E-state index in [4.69, 9.17) is 5.73 Å². The predicted molar refractivity (Wildman–Crippen MR) is 140 cm³/mol. The van der Waals surface area contributed by atoms with E-state index in [1.165, 1.54) is 30.3 Å². The van der Waals surface area contributed by atoms with Gasteiger partial charge in [-0.1, -0.05) is 11.3 Å². The van der Waals surface area contributed by atoms with Crippen molar-refractivity contribution >= 4 is 49.9 Å². The van der Waals surface area contributed by atoms with Crippen molar-refractivity contribution in [3.05, 3.63) is 42.0 Å². The van der Waals surface area contributed by atoms with Crippen LogP contribution in [0.4, 0.5) is 29.7 Å². The first kappa shape index (κ1) is 26.8. The molecule has 2 atom stereocenters. The maximum Gasteiger partial charge on any atom is 0.573 e. The molecule has 2 aromatic carbocycles. The van der Waals surface area contributed by atoms with Crippen LogP contribution in [-0.2, 0) is 4.79 Å². The van der Waals surface area contributed by atoms with Gasteiger partial charge in [0.05, 0.1) is 27.2 Å². The number of thiazole rings is 1. The first-order valence-electron chi connectivity index (χ1n) is 11.9. The molecule has 39 heavy (non-hydrogen) atoms. The van der Waals surface area contributed by atoms with Crippen molar-refractivity contribution in [1.29, 1.82) is 0 Å². The van der Waals surface area contributed by atoms with E-state index in [1.54, 1.807) is 18.0 Å². The summed E-state index contributed by atoms with van der Waals surface area (Å²) in [5.74, 6) is -3.52. The van der Waals surface area contributed by atoms with E-state index in [-0.39, 0.29) is 11.3 Å². The van der Waals surface area contributed by atoms with E-state index in [0.717, 1.165) is 11.3 Å². The molecule has 5 N–H and O–H groups in total.